The van der Waals surface area contributed by atoms with Gasteiger partial charge in [-0.1, -0.05) is 30.3 Å². The minimum atomic E-state index is -3.68. The van der Waals surface area contributed by atoms with Crippen LogP contribution in [-0.4, -0.2) is 28.9 Å². The van der Waals surface area contributed by atoms with Crippen LogP contribution in [0.2, 0.25) is 0 Å². The van der Waals surface area contributed by atoms with Crippen LogP contribution < -0.4 is 10.0 Å². The van der Waals surface area contributed by atoms with Crippen molar-refractivity contribution in [3.63, 3.8) is 0 Å². The first-order valence-electron chi connectivity index (χ1n) is 8.96. The molecule has 0 radical (unpaired) electrons. The number of aromatic nitrogens is 3. The van der Waals surface area contributed by atoms with Gasteiger partial charge in [0.15, 0.2) is 5.65 Å². The molecule has 0 saturated carbocycles. The lowest BCUT2D eigenvalue weighted by Crippen LogP contribution is -2.15. The molecule has 1 amide bonds. The number of benzene rings is 2. The summed E-state index contributed by atoms with van der Waals surface area (Å²) in [5.41, 5.74) is 2.11. The van der Waals surface area contributed by atoms with E-state index in [1.54, 1.807) is 36.7 Å². The lowest BCUT2D eigenvalue weighted by Gasteiger charge is -2.08. The van der Waals surface area contributed by atoms with Gasteiger partial charge in [-0.2, -0.15) is 9.61 Å². The second-order valence-electron chi connectivity index (χ2n) is 6.32. The van der Waals surface area contributed by atoms with Crippen molar-refractivity contribution < 1.29 is 13.2 Å². The third kappa shape index (κ3) is 4.53. The summed E-state index contributed by atoms with van der Waals surface area (Å²) in [7, 11) is -3.68. The van der Waals surface area contributed by atoms with Gasteiger partial charge >= 0.3 is 0 Å². The second-order valence-corrected chi connectivity index (χ2v) is 7.89. The summed E-state index contributed by atoms with van der Waals surface area (Å²) < 4.78 is 28.4. The van der Waals surface area contributed by atoms with E-state index in [0.717, 1.165) is 11.0 Å². The average Bonchev–Trinajstić information content (AvgIpc) is 3.23. The zero-order chi connectivity index (χ0) is 21.0. The van der Waals surface area contributed by atoms with Crippen molar-refractivity contribution >= 4 is 39.2 Å². The number of rotatable bonds is 6. The van der Waals surface area contributed by atoms with Crippen molar-refractivity contribution in [2.45, 2.75) is 0 Å². The summed E-state index contributed by atoms with van der Waals surface area (Å²) in [6.07, 6.45) is 4.67. The van der Waals surface area contributed by atoms with Crippen molar-refractivity contribution in [3.05, 3.63) is 95.7 Å². The lowest BCUT2D eigenvalue weighted by atomic mass is 10.2. The van der Waals surface area contributed by atoms with Gasteiger partial charge in [0, 0.05) is 23.5 Å². The van der Waals surface area contributed by atoms with E-state index in [2.05, 4.69) is 20.1 Å². The number of sulfonamides is 1. The molecule has 9 heteroatoms. The Hall–Kier alpha value is -3.98. The van der Waals surface area contributed by atoms with Crippen LogP contribution in [-0.2, 0) is 10.0 Å². The van der Waals surface area contributed by atoms with Crippen LogP contribution in [0.3, 0.4) is 0 Å². The number of fused-ring (bicyclic) bond motifs is 1. The van der Waals surface area contributed by atoms with Gasteiger partial charge in [-0.15, -0.1) is 0 Å². The predicted octanol–water partition coefficient (Wildman–Crippen LogP) is 3.39. The summed E-state index contributed by atoms with van der Waals surface area (Å²) in [5, 5.41) is 7.98. The molecule has 2 aromatic heterocycles. The van der Waals surface area contributed by atoms with E-state index in [1.165, 1.54) is 34.9 Å². The Kier molecular flexibility index (Phi) is 5.27. The molecule has 8 nitrogen and oxygen atoms in total. The fourth-order valence-corrected chi connectivity index (χ4v) is 3.61. The van der Waals surface area contributed by atoms with E-state index < -0.39 is 10.0 Å². The fraction of sp³-hybridized carbons (Fsp3) is 0. The quantitative estimate of drug-likeness (QED) is 0.498. The van der Waals surface area contributed by atoms with Gasteiger partial charge < -0.3 is 5.32 Å². The Bertz CT molecular complexity index is 1310. The highest BCUT2D eigenvalue weighted by atomic mass is 32.2. The van der Waals surface area contributed by atoms with Gasteiger partial charge in [-0.25, -0.2) is 13.4 Å². The second kappa shape index (κ2) is 8.18. The number of carbonyl (C=O) groups excluding carboxylic acids is 1. The zero-order valence-electron chi connectivity index (χ0n) is 15.6. The lowest BCUT2D eigenvalue weighted by molar-refractivity contribution is 0.102. The molecule has 0 unspecified atom stereocenters. The largest absolute Gasteiger partial charge is 0.306 e. The summed E-state index contributed by atoms with van der Waals surface area (Å²) in [6, 6.07) is 18.6. The third-order valence-electron chi connectivity index (χ3n) is 4.18. The van der Waals surface area contributed by atoms with Gasteiger partial charge in [-0.3, -0.25) is 9.52 Å². The Balaban J connectivity index is 1.44. The molecule has 0 bridgehead atoms. The molecule has 0 spiro atoms. The summed E-state index contributed by atoms with van der Waals surface area (Å²) in [5.74, 6) is 0.127. The predicted molar refractivity (Wildman–Crippen MR) is 115 cm³/mol. The molecular formula is C21H17N5O3S. The topological polar surface area (TPSA) is 105 Å². The number of nitrogens with zero attached hydrogens (tertiary/aromatic N) is 3. The van der Waals surface area contributed by atoms with Gasteiger partial charge in [-0.05, 0) is 42.0 Å². The van der Waals surface area contributed by atoms with Crippen molar-refractivity contribution in [3.8, 4) is 0 Å². The Morgan fingerprint density at radius 3 is 2.47 bits per heavy atom. The smallest absolute Gasteiger partial charge is 0.256 e. The van der Waals surface area contributed by atoms with E-state index in [-0.39, 0.29) is 5.91 Å². The van der Waals surface area contributed by atoms with Crippen molar-refractivity contribution in [2.75, 3.05) is 10.0 Å². The number of carbonyl (C=O) groups is 1. The number of amides is 1. The van der Waals surface area contributed by atoms with Crippen molar-refractivity contribution in [1.29, 1.82) is 0 Å². The van der Waals surface area contributed by atoms with Gasteiger partial charge in [0.25, 0.3) is 15.9 Å². The molecule has 30 heavy (non-hydrogen) atoms. The maximum atomic E-state index is 12.5. The minimum absolute atomic E-state index is 0.350. The molecule has 0 aliphatic carbocycles. The fourth-order valence-electron chi connectivity index (χ4n) is 2.74. The van der Waals surface area contributed by atoms with Crippen LogP contribution in [0.4, 0.5) is 11.5 Å². The highest BCUT2D eigenvalue weighted by Crippen LogP contribution is 2.15. The molecule has 150 valence electrons. The SMILES string of the molecule is O=C(Nc1ccnc2ccnn12)c1ccc(NS(=O)(=O)C=Cc2ccccc2)cc1. The van der Waals surface area contributed by atoms with Crippen LogP contribution in [0.15, 0.2) is 84.5 Å². The molecule has 0 fully saturated rings. The van der Waals surface area contributed by atoms with Crippen LogP contribution >= 0.6 is 0 Å². The highest BCUT2D eigenvalue weighted by molar-refractivity contribution is 7.95. The number of nitrogens with one attached hydrogen (secondary N) is 2. The maximum absolute atomic E-state index is 12.5. The van der Waals surface area contributed by atoms with E-state index in [4.69, 9.17) is 0 Å². The highest BCUT2D eigenvalue weighted by Gasteiger charge is 2.11. The minimum Gasteiger partial charge on any atom is -0.306 e. The Labute approximate surface area is 172 Å². The van der Waals surface area contributed by atoms with E-state index in [9.17, 15) is 13.2 Å². The summed E-state index contributed by atoms with van der Waals surface area (Å²) in [4.78, 5) is 16.7. The monoisotopic (exact) mass is 419 g/mol. The number of anilines is 2. The standard InChI is InChI=1S/C21H17N5O3S/c27-21(24-20-10-13-22-19-11-14-23-26(19)20)17-6-8-18(9-7-17)25-30(28,29)15-12-16-4-2-1-3-5-16/h1-15,25H,(H,24,27). The molecule has 2 heterocycles. The molecular weight excluding hydrogens is 402 g/mol. The molecule has 0 aliphatic heterocycles. The first-order valence-corrected chi connectivity index (χ1v) is 10.5. The van der Waals surface area contributed by atoms with E-state index >= 15 is 0 Å². The number of hydrogen-bond donors (Lipinski definition) is 2. The van der Waals surface area contributed by atoms with Crippen LogP contribution in [0, 0.1) is 0 Å². The molecule has 0 aliphatic rings. The van der Waals surface area contributed by atoms with Gasteiger partial charge in [0.1, 0.15) is 5.82 Å². The molecule has 4 aromatic rings. The Morgan fingerprint density at radius 2 is 1.70 bits per heavy atom. The summed E-state index contributed by atoms with van der Waals surface area (Å²) in [6.45, 7) is 0. The zero-order valence-corrected chi connectivity index (χ0v) is 16.5. The maximum Gasteiger partial charge on any atom is 0.256 e. The van der Waals surface area contributed by atoms with E-state index in [0.29, 0.717) is 22.7 Å². The average molecular weight is 419 g/mol. The van der Waals surface area contributed by atoms with Gasteiger partial charge in [0.05, 0.1) is 11.6 Å². The summed E-state index contributed by atoms with van der Waals surface area (Å²) >= 11 is 0. The molecule has 2 aromatic carbocycles. The van der Waals surface area contributed by atoms with E-state index in [1.807, 2.05) is 18.2 Å². The molecule has 0 atom stereocenters. The van der Waals surface area contributed by atoms with Gasteiger partial charge in [0.2, 0.25) is 0 Å². The van der Waals surface area contributed by atoms with Crippen LogP contribution in [0.1, 0.15) is 15.9 Å². The first kappa shape index (κ1) is 19.3. The van der Waals surface area contributed by atoms with Crippen LogP contribution in [0.5, 0.6) is 0 Å². The third-order valence-corrected chi connectivity index (χ3v) is 5.19. The van der Waals surface area contributed by atoms with Crippen molar-refractivity contribution in [2.24, 2.45) is 0 Å². The normalized spacial score (nSPS) is 11.6. The van der Waals surface area contributed by atoms with Crippen LogP contribution in [0.25, 0.3) is 11.7 Å². The molecule has 0 saturated heterocycles. The van der Waals surface area contributed by atoms with Crippen molar-refractivity contribution in [1.82, 2.24) is 14.6 Å². The molecule has 2 N–H and O–H groups in total. The first-order chi connectivity index (χ1) is 14.5. The Morgan fingerprint density at radius 1 is 0.933 bits per heavy atom. The molecule has 4 rings (SSSR count). The number of hydrogen-bond acceptors (Lipinski definition) is 5.